The predicted molar refractivity (Wildman–Crippen MR) is 139 cm³/mol. The Hall–Kier alpha value is -3.64. The van der Waals surface area contributed by atoms with Gasteiger partial charge in [-0.15, -0.1) is 0 Å². The maximum absolute atomic E-state index is 15.0. The lowest BCUT2D eigenvalue weighted by Gasteiger charge is -2.36. The molecule has 12 heteroatoms. The van der Waals surface area contributed by atoms with Crippen molar-refractivity contribution in [3.8, 4) is 0 Å². The summed E-state index contributed by atoms with van der Waals surface area (Å²) in [6, 6.07) is 6.34. The van der Waals surface area contributed by atoms with Crippen LogP contribution in [0.15, 0.2) is 39.6 Å². The molecule has 9 nitrogen and oxygen atoms in total. The monoisotopic (exact) mass is 544 g/mol. The van der Waals surface area contributed by atoms with E-state index in [9.17, 15) is 14.4 Å². The number of hydrogen-bond donors (Lipinski definition) is 2. The minimum atomic E-state index is -2.33. The summed E-state index contributed by atoms with van der Waals surface area (Å²) < 4.78 is 40.2. The topological polar surface area (TPSA) is 118 Å². The van der Waals surface area contributed by atoms with E-state index in [2.05, 4.69) is 15.5 Å². The second kappa shape index (κ2) is 11.0. The van der Waals surface area contributed by atoms with Crippen molar-refractivity contribution in [1.29, 1.82) is 0 Å². The van der Waals surface area contributed by atoms with Gasteiger partial charge in [0.25, 0.3) is 11.5 Å². The van der Waals surface area contributed by atoms with Gasteiger partial charge in [0.1, 0.15) is 23.4 Å². The van der Waals surface area contributed by atoms with Gasteiger partial charge in [0, 0.05) is 48.3 Å². The number of methoxy groups -OCH3 is 1. The number of anilines is 1. The van der Waals surface area contributed by atoms with Crippen molar-refractivity contribution < 1.29 is 27.6 Å². The highest BCUT2D eigenvalue weighted by Gasteiger charge is 2.37. The first kappa shape index (κ1) is 27.4. The molecule has 3 aromatic rings. The van der Waals surface area contributed by atoms with Gasteiger partial charge in [-0.05, 0) is 18.2 Å². The molecule has 0 bridgehead atoms. The van der Waals surface area contributed by atoms with Gasteiger partial charge in [-0.1, -0.05) is 32.1 Å². The lowest BCUT2D eigenvalue weighted by Crippen LogP contribution is -2.46. The second-order valence-corrected chi connectivity index (χ2v) is 14.9. The molecule has 1 unspecified atom stereocenters. The van der Waals surface area contributed by atoms with E-state index in [0.29, 0.717) is 29.4 Å². The van der Waals surface area contributed by atoms with Crippen molar-refractivity contribution in [3.63, 3.8) is 0 Å². The zero-order valence-corrected chi connectivity index (χ0v) is 22.7. The number of amides is 2. The standard InChI is InChI=1S/C26H30F2N4O5Si/c1-5-38(3,4)25-19(27)10-16(11-20(25)28)30-26(35)24-18-7-6-15(14-36-2)29-21(18)8-9-32(24)23(34)13-17-12-22(33)31-37-17/h6-7,10-12,24H,5,8-9,13-14H2,1-4H3,(H,30,35)(H,31,33). The Morgan fingerprint density at radius 1 is 1.24 bits per heavy atom. The third-order valence-corrected chi connectivity index (χ3v) is 10.5. The Balaban J connectivity index is 1.68. The van der Waals surface area contributed by atoms with Crippen molar-refractivity contribution >= 4 is 30.8 Å². The van der Waals surface area contributed by atoms with E-state index in [4.69, 9.17) is 9.26 Å². The van der Waals surface area contributed by atoms with Crippen molar-refractivity contribution in [2.24, 2.45) is 0 Å². The summed E-state index contributed by atoms with van der Waals surface area (Å²) in [7, 11) is -0.780. The fourth-order valence-corrected chi connectivity index (χ4v) is 6.44. The number of benzene rings is 1. The van der Waals surface area contributed by atoms with Crippen LogP contribution in [0.2, 0.25) is 19.1 Å². The summed E-state index contributed by atoms with van der Waals surface area (Å²) >= 11 is 0. The number of H-pyrrole nitrogens is 1. The van der Waals surface area contributed by atoms with Crippen LogP contribution in [-0.2, 0) is 33.8 Å². The number of halogens is 2. The van der Waals surface area contributed by atoms with E-state index in [-0.39, 0.29) is 36.2 Å². The SMILES string of the molecule is CC[Si](C)(C)c1c(F)cc(NC(=O)C2c3ccc(COC)nc3CCN2C(=O)Cc2cc(=O)[nH]o2)cc1F. The Morgan fingerprint density at radius 2 is 1.95 bits per heavy atom. The average Bonchev–Trinajstić information content (AvgIpc) is 3.26. The van der Waals surface area contributed by atoms with E-state index in [1.807, 2.05) is 20.0 Å². The first-order valence-corrected chi connectivity index (χ1v) is 15.5. The molecule has 0 aliphatic carbocycles. The summed E-state index contributed by atoms with van der Waals surface area (Å²) in [5.74, 6) is -2.38. The first-order chi connectivity index (χ1) is 18.0. The number of hydrogen-bond acceptors (Lipinski definition) is 6. The Morgan fingerprint density at radius 3 is 2.55 bits per heavy atom. The van der Waals surface area contributed by atoms with Crippen LogP contribution in [0.1, 0.15) is 35.7 Å². The molecular formula is C26H30F2N4O5Si. The molecule has 2 N–H and O–H groups in total. The number of nitrogens with one attached hydrogen (secondary N) is 2. The third-order valence-electron chi connectivity index (χ3n) is 6.89. The quantitative estimate of drug-likeness (QED) is 0.421. The van der Waals surface area contributed by atoms with Gasteiger partial charge in [-0.3, -0.25) is 19.4 Å². The molecule has 0 fully saturated rings. The molecule has 2 aromatic heterocycles. The van der Waals surface area contributed by atoms with Crippen LogP contribution < -0.4 is 16.1 Å². The van der Waals surface area contributed by atoms with Crippen LogP contribution in [0, 0.1) is 11.6 Å². The van der Waals surface area contributed by atoms with E-state index in [0.717, 1.165) is 18.2 Å². The first-order valence-electron chi connectivity index (χ1n) is 12.3. The molecule has 4 rings (SSSR count). The number of rotatable bonds is 8. The fraction of sp³-hybridized carbons (Fsp3) is 0.385. The van der Waals surface area contributed by atoms with Gasteiger partial charge >= 0.3 is 0 Å². The molecule has 1 aromatic carbocycles. The molecule has 0 saturated heterocycles. The summed E-state index contributed by atoms with van der Waals surface area (Å²) in [5, 5.41) is 4.81. The van der Waals surface area contributed by atoms with Gasteiger partial charge in [-0.2, -0.15) is 5.16 Å². The van der Waals surface area contributed by atoms with Gasteiger partial charge in [0.2, 0.25) is 5.91 Å². The van der Waals surface area contributed by atoms with Crippen LogP contribution in [-0.4, -0.2) is 48.6 Å². The minimum absolute atomic E-state index is 0.0465. The number of carbonyl (C=O) groups excluding carboxylic acids is 2. The van der Waals surface area contributed by atoms with Gasteiger partial charge < -0.3 is 19.5 Å². The number of nitrogens with zero attached hydrogens (tertiary/aromatic N) is 2. The number of fused-ring (bicyclic) bond motifs is 1. The van der Waals surface area contributed by atoms with Crippen LogP contribution in [0.5, 0.6) is 0 Å². The fourth-order valence-electron chi connectivity index (χ4n) is 4.65. The second-order valence-electron chi connectivity index (χ2n) is 9.91. The smallest absolute Gasteiger partial charge is 0.280 e. The van der Waals surface area contributed by atoms with E-state index in [1.165, 1.54) is 4.90 Å². The van der Waals surface area contributed by atoms with Crippen LogP contribution in [0.25, 0.3) is 0 Å². The molecule has 2 amide bonds. The number of pyridine rings is 1. The summed E-state index contributed by atoms with van der Waals surface area (Å²) in [6.45, 7) is 6.11. The van der Waals surface area contributed by atoms with Crippen molar-refractivity contribution in [2.45, 2.75) is 51.6 Å². The third kappa shape index (κ3) is 5.60. The Labute approximate surface area is 219 Å². The molecule has 0 radical (unpaired) electrons. The zero-order chi connectivity index (χ0) is 27.6. The van der Waals surface area contributed by atoms with Crippen LogP contribution in [0.3, 0.4) is 0 Å². The van der Waals surface area contributed by atoms with Gasteiger partial charge in [-0.25, -0.2) is 8.78 Å². The average molecular weight is 545 g/mol. The molecule has 1 aliphatic rings. The van der Waals surface area contributed by atoms with Crippen molar-refractivity contribution in [3.05, 3.63) is 75.0 Å². The molecular weight excluding hydrogens is 514 g/mol. The summed E-state index contributed by atoms with van der Waals surface area (Å²) in [6.07, 6.45) is 0.135. The molecule has 202 valence electrons. The zero-order valence-electron chi connectivity index (χ0n) is 21.7. The minimum Gasteiger partial charge on any atom is -0.383 e. The lowest BCUT2D eigenvalue weighted by atomic mass is 9.94. The molecule has 0 spiro atoms. The van der Waals surface area contributed by atoms with Crippen LogP contribution >= 0.6 is 0 Å². The maximum atomic E-state index is 15.0. The maximum Gasteiger partial charge on any atom is 0.280 e. The van der Waals surface area contributed by atoms with E-state index >= 15 is 8.78 Å². The molecule has 1 atom stereocenters. The number of aromatic nitrogens is 2. The summed E-state index contributed by atoms with van der Waals surface area (Å²) in [5.41, 5.74) is 1.26. The number of aromatic amines is 1. The van der Waals surface area contributed by atoms with E-state index < -0.39 is 43.1 Å². The van der Waals surface area contributed by atoms with Crippen LogP contribution in [0.4, 0.5) is 14.5 Å². The number of ether oxygens (including phenoxy) is 1. The molecule has 3 heterocycles. The van der Waals surface area contributed by atoms with Crippen molar-refractivity contribution in [1.82, 2.24) is 15.0 Å². The van der Waals surface area contributed by atoms with Gasteiger partial charge in [0.15, 0.2) is 0 Å². The summed E-state index contributed by atoms with van der Waals surface area (Å²) in [4.78, 5) is 44.2. The van der Waals surface area contributed by atoms with Crippen molar-refractivity contribution in [2.75, 3.05) is 19.0 Å². The van der Waals surface area contributed by atoms with Gasteiger partial charge in [0.05, 0.1) is 26.8 Å². The Kier molecular flexibility index (Phi) is 7.93. The lowest BCUT2D eigenvalue weighted by molar-refractivity contribution is -0.139. The van der Waals surface area contributed by atoms with E-state index in [1.54, 1.807) is 19.2 Å². The predicted octanol–water partition coefficient (Wildman–Crippen LogP) is 3.03. The highest BCUT2D eigenvalue weighted by molar-refractivity contribution is 6.89. The highest BCUT2D eigenvalue weighted by Crippen LogP contribution is 2.31. The molecule has 38 heavy (non-hydrogen) atoms. The molecule has 1 aliphatic heterocycles. The normalized spacial score (nSPS) is 15.3. The highest BCUT2D eigenvalue weighted by atomic mass is 28.3. The number of carbonyl (C=O) groups is 2. The largest absolute Gasteiger partial charge is 0.383 e. The molecule has 0 saturated carbocycles. The Bertz CT molecular complexity index is 1400.